The second-order valence-corrected chi connectivity index (χ2v) is 8.60. The van der Waals surface area contributed by atoms with Crippen LogP contribution >= 0.6 is 11.3 Å². The van der Waals surface area contributed by atoms with Gasteiger partial charge in [0, 0.05) is 0 Å². The van der Waals surface area contributed by atoms with Crippen LogP contribution < -0.4 is 4.72 Å². The molecule has 2 heterocycles. The van der Waals surface area contributed by atoms with E-state index in [1.807, 2.05) is 26.0 Å². The highest BCUT2D eigenvalue weighted by molar-refractivity contribution is 7.89. The van der Waals surface area contributed by atoms with E-state index in [2.05, 4.69) is 21.7 Å². The fraction of sp³-hybridized carbons (Fsp3) is 0.375. The normalized spacial score (nSPS) is 12.1. The predicted octanol–water partition coefficient (Wildman–Crippen LogP) is 2.84. The minimum atomic E-state index is -3.56. The molecule has 128 valence electrons. The van der Waals surface area contributed by atoms with Crippen LogP contribution in [0.2, 0.25) is 0 Å². The predicted molar refractivity (Wildman–Crippen MR) is 94.8 cm³/mol. The van der Waals surface area contributed by atoms with Crippen molar-refractivity contribution >= 4 is 26.3 Å². The molecule has 1 aromatic carbocycles. The summed E-state index contributed by atoms with van der Waals surface area (Å²) in [6.45, 7) is 6.02. The molecular formula is C16H20N4O2S2. The van der Waals surface area contributed by atoms with Crippen molar-refractivity contribution < 1.29 is 8.42 Å². The number of aromatic nitrogens is 3. The van der Waals surface area contributed by atoms with Crippen LogP contribution in [0.25, 0.3) is 4.96 Å². The number of hydrogen-bond acceptors (Lipinski definition) is 5. The van der Waals surface area contributed by atoms with Crippen molar-refractivity contribution in [3.8, 4) is 0 Å². The van der Waals surface area contributed by atoms with Crippen molar-refractivity contribution in [2.75, 3.05) is 0 Å². The molecule has 0 spiro atoms. The van der Waals surface area contributed by atoms with Crippen molar-refractivity contribution in [3.63, 3.8) is 0 Å². The van der Waals surface area contributed by atoms with Crippen LogP contribution in [-0.4, -0.2) is 23.0 Å². The highest BCUT2D eigenvalue weighted by Gasteiger charge is 2.18. The van der Waals surface area contributed by atoms with Crippen LogP contribution in [0.5, 0.6) is 0 Å². The van der Waals surface area contributed by atoms with Gasteiger partial charge in [0.2, 0.25) is 15.0 Å². The monoisotopic (exact) mass is 364 g/mol. The van der Waals surface area contributed by atoms with Crippen LogP contribution in [0.1, 0.15) is 35.3 Å². The van der Waals surface area contributed by atoms with E-state index in [0.717, 1.165) is 39.8 Å². The third-order valence-corrected chi connectivity index (χ3v) is 6.04. The summed E-state index contributed by atoms with van der Waals surface area (Å²) in [5, 5.41) is 5.27. The van der Waals surface area contributed by atoms with Crippen molar-refractivity contribution in [1.29, 1.82) is 0 Å². The second kappa shape index (κ2) is 6.62. The van der Waals surface area contributed by atoms with Gasteiger partial charge in [-0.2, -0.15) is 5.10 Å². The van der Waals surface area contributed by atoms with Gasteiger partial charge in [0.1, 0.15) is 5.01 Å². The maximum atomic E-state index is 12.5. The van der Waals surface area contributed by atoms with Gasteiger partial charge in [-0.3, -0.25) is 0 Å². The summed E-state index contributed by atoms with van der Waals surface area (Å²) in [7, 11) is -3.56. The molecule has 1 N–H and O–H groups in total. The number of sulfonamides is 1. The topological polar surface area (TPSA) is 76.4 Å². The molecule has 0 saturated carbocycles. The molecule has 2 aromatic heterocycles. The Hall–Kier alpha value is -1.77. The van der Waals surface area contributed by atoms with E-state index in [1.54, 1.807) is 16.6 Å². The second-order valence-electron chi connectivity index (χ2n) is 5.68. The fourth-order valence-electron chi connectivity index (χ4n) is 2.56. The van der Waals surface area contributed by atoms with Gasteiger partial charge in [-0.15, -0.1) is 0 Å². The average molecular weight is 364 g/mol. The number of fused-ring (bicyclic) bond motifs is 1. The number of nitrogens with zero attached hydrogens (tertiary/aromatic N) is 3. The maximum Gasteiger partial charge on any atom is 0.240 e. The summed E-state index contributed by atoms with van der Waals surface area (Å²) < 4.78 is 29.3. The molecular weight excluding hydrogens is 344 g/mol. The fourth-order valence-corrected chi connectivity index (χ4v) is 4.35. The van der Waals surface area contributed by atoms with Gasteiger partial charge in [-0.25, -0.2) is 22.6 Å². The molecule has 8 heteroatoms. The molecule has 6 nitrogen and oxygen atoms in total. The van der Waals surface area contributed by atoms with E-state index in [1.165, 1.54) is 11.3 Å². The minimum absolute atomic E-state index is 0.162. The first-order valence-electron chi connectivity index (χ1n) is 7.81. The van der Waals surface area contributed by atoms with Crippen LogP contribution in [0, 0.1) is 13.8 Å². The van der Waals surface area contributed by atoms with Crippen LogP contribution in [-0.2, 0) is 23.0 Å². The Kier molecular flexibility index (Phi) is 4.71. The Morgan fingerprint density at radius 1 is 1.21 bits per heavy atom. The molecule has 0 amide bonds. The zero-order valence-electron chi connectivity index (χ0n) is 13.9. The molecule has 0 unspecified atom stereocenters. The molecule has 3 rings (SSSR count). The third-order valence-electron chi connectivity index (χ3n) is 3.80. The average Bonchev–Trinajstić information content (AvgIpc) is 3.01. The van der Waals surface area contributed by atoms with E-state index in [-0.39, 0.29) is 11.4 Å². The zero-order valence-corrected chi connectivity index (χ0v) is 15.5. The number of benzene rings is 1. The quantitative estimate of drug-likeness (QED) is 0.730. The summed E-state index contributed by atoms with van der Waals surface area (Å²) >= 11 is 1.49. The van der Waals surface area contributed by atoms with E-state index in [9.17, 15) is 8.42 Å². The molecule has 0 aliphatic carbocycles. The lowest BCUT2D eigenvalue weighted by Crippen LogP contribution is -2.24. The molecule has 0 aliphatic heterocycles. The number of imidazole rings is 1. The Morgan fingerprint density at radius 2 is 1.92 bits per heavy atom. The lowest BCUT2D eigenvalue weighted by atomic mass is 10.1. The number of nitrogens with one attached hydrogen (secondary N) is 1. The Morgan fingerprint density at radius 3 is 2.58 bits per heavy atom. The van der Waals surface area contributed by atoms with E-state index in [0.29, 0.717) is 0 Å². The standard InChI is InChI=1S/C16H20N4O2S2/c1-4-5-13-6-8-14(9-7-13)24(21,22)17-10-15-11(2)18-16-20(15)19-12(3)23-16/h6-9,17H,4-5,10H2,1-3H3. The van der Waals surface area contributed by atoms with Gasteiger partial charge in [0.05, 0.1) is 22.8 Å². The molecule has 0 fully saturated rings. The number of rotatable bonds is 6. The summed E-state index contributed by atoms with van der Waals surface area (Å²) in [4.78, 5) is 5.48. The highest BCUT2D eigenvalue weighted by Crippen LogP contribution is 2.19. The largest absolute Gasteiger partial charge is 0.240 e. The van der Waals surface area contributed by atoms with Crippen molar-refractivity contribution in [3.05, 3.63) is 46.2 Å². The number of aryl methyl sites for hydroxylation is 3. The van der Waals surface area contributed by atoms with Gasteiger partial charge >= 0.3 is 0 Å². The Labute approximate surface area is 145 Å². The minimum Gasteiger partial charge on any atom is -0.223 e. The summed E-state index contributed by atoms with van der Waals surface area (Å²) in [6.07, 6.45) is 1.98. The summed E-state index contributed by atoms with van der Waals surface area (Å²) in [5.74, 6) is 0. The van der Waals surface area contributed by atoms with Gasteiger partial charge in [-0.1, -0.05) is 36.8 Å². The van der Waals surface area contributed by atoms with Crippen LogP contribution in [0.4, 0.5) is 0 Å². The lowest BCUT2D eigenvalue weighted by molar-refractivity contribution is 0.579. The third kappa shape index (κ3) is 3.35. The number of hydrogen-bond donors (Lipinski definition) is 1. The van der Waals surface area contributed by atoms with Crippen LogP contribution in [0.3, 0.4) is 0 Å². The van der Waals surface area contributed by atoms with Crippen molar-refractivity contribution in [1.82, 2.24) is 19.3 Å². The van der Waals surface area contributed by atoms with Crippen molar-refractivity contribution in [2.45, 2.75) is 45.1 Å². The molecule has 24 heavy (non-hydrogen) atoms. The van der Waals surface area contributed by atoms with E-state index >= 15 is 0 Å². The summed E-state index contributed by atoms with van der Waals surface area (Å²) in [6, 6.07) is 7.03. The SMILES string of the molecule is CCCc1ccc(S(=O)(=O)NCc2c(C)nc3sc(C)nn23)cc1. The molecule has 0 saturated heterocycles. The zero-order chi connectivity index (χ0) is 17.3. The van der Waals surface area contributed by atoms with E-state index in [4.69, 9.17) is 0 Å². The van der Waals surface area contributed by atoms with Gasteiger partial charge in [0.15, 0.2) is 0 Å². The maximum absolute atomic E-state index is 12.5. The summed E-state index contributed by atoms with van der Waals surface area (Å²) in [5.41, 5.74) is 2.69. The lowest BCUT2D eigenvalue weighted by Gasteiger charge is -2.07. The molecule has 0 bridgehead atoms. The van der Waals surface area contributed by atoms with Gasteiger partial charge < -0.3 is 0 Å². The Balaban J connectivity index is 1.80. The van der Waals surface area contributed by atoms with Crippen molar-refractivity contribution in [2.24, 2.45) is 0 Å². The first-order chi connectivity index (χ1) is 11.4. The molecule has 0 radical (unpaired) electrons. The Bertz CT molecular complexity index is 956. The highest BCUT2D eigenvalue weighted by atomic mass is 32.2. The molecule has 3 aromatic rings. The van der Waals surface area contributed by atoms with E-state index < -0.39 is 10.0 Å². The first-order valence-corrected chi connectivity index (χ1v) is 10.1. The smallest absolute Gasteiger partial charge is 0.223 e. The van der Waals surface area contributed by atoms with Gasteiger partial charge in [0.25, 0.3) is 0 Å². The molecule has 0 aliphatic rings. The van der Waals surface area contributed by atoms with Crippen LogP contribution in [0.15, 0.2) is 29.2 Å². The molecule has 0 atom stereocenters. The first kappa shape index (κ1) is 17.1. The van der Waals surface area contributed by atoms with Gasteiger partial charge in [-0.05, 0) is 38.0 Å².